The van der Waals surface area contributed by atoms with Crippen LogP contribution in [-0.4, -0.2) is 76.3 Å². The zero-order valence-electron chi connectivity index (χ0n) is 26.6. The molecule has 1 aromatic heterocycles. The fourth-order valence-corrected chi connectivity index (χ4v) is 7.42. The van der Waals surface area contributed by atoms with Crippen LogP contribution in [0.3, 0.4) is 0 Å². The Morgan fingerprint density at radius 3 is 1.98 bits per heavy atom. The van der Waals surface area contributed by atoms with Gasteiger partial charge in [0.1, 0.15) is 41.8 Å². The monoisotopic (exact) mass is 661 g/mol. The highest BCUT2D eigenvalue weighted by atomic mass is 31.2. The SMILES string of the molecule is CC[C@](COP(=O)(NC(C)C(=O)OC1CCCCC1)NC(C)C(=O)OC1CCCCC1)(OC)[C@@H](O)[C@@H](F)n1ccc(N)nc1=O. The Kier molecular flexibility index (Phi) is 13.9. The van der Waals surface area contributed by atoms with Gasteiger partial charge in [-0.25, -0.2) is 19.4 Å². The predicted molar refractivity (Wildman–Crippen MR) is 164 cm³/mol. The number of halogens is 1. The van der Waals surface area contributed by atoms with Crippen molar-refractivity contribution in [1.29, 1.82) is 0 Å². The first kappa shape index (κ1) is 37.0. The smallest absolute Gasteiger partial charge is 0.351 e. The maximum atomic E-state index is 15.6. The first-order chi connectivity index (χ1) is 21.3. The molecule has 14 nitrogen and oxygen atoms in total. The van der Waals surface area contributed by atoms with Gasteiger partial charge in [0.25, 0.3) is 0 Å². The Bertz CT molecular complexity index is 1180. The van der Waals surface area contributed by atoms with Crippen LogP contribution in [0, 0.1) is 0 Å². The van der Waals surface area contributed by atoms with Crippen molar-refractivity contribution in [2.75, 3.05) is 19.5 Å². The van der Waals surface area contributed by atoms with Crippen molar-refractivity contribution < 1.29 is 42.4 Å². The third kappa shape index (κ3) is 10.3. The number of nitrogens with one attached hydrogen (secondary N) is 2. The van der Waals surface area contributed by atoms with Crippen molar-refractivity contribution >= 4 is 25.4 Å². The molecule has 3 rings (SSSR count). The van der Waals surface area contributed by atoms with Crippen LogP contribution in [0.2, 0.25) is 0 Å². The molecule has 5 atom stereocenters. The van der Waals surface area contributed by atoms with Gasteiger partial charge in [0.2, 0.25) is 6.30 Å². The maximum absolute atomic E-state index is 15.6. The van der Waals surface area contributed by atoms with E-state index in [0.29, 0.717) is 4.57 Å². The third-order valence-corrected chi connectivity index (χ3v) is 10.5. The number of methoxy groups -OCH3 is 1. The first-order valence-electron chi connectivity index (χ1n) is 15.8. The molecular weight excluding hydrogens is 612 g/mol. The van der Waals surface area contributed by atoms with E-state index in [1.807, 2.05) is 0 Å². The zero-order valence-corrected chi connectivity index (χ0v) is 27.5. The summed E-state index contributed by atoms with van der Waals surface area (Å²) in [7, 11) is -3.14. The number of rotatable bonds is 16. The lowest BCUT2D eigenvalue weighted by Crippen LogP contribution is -2.53. The van der Waals surface area contributed by atoms with Crippen molar-refractivity contribution in [3.8, 4) is 0 Å². The number of carbonyl (C=O) groups is 2. The summed E-state index contributed by atoms with van der Waals surface area (Å²) in [5.41, 5.74) is 2.63. The molecule has 5 N–H and O–H groups in total. The standard InChI is InChI=1S/C29H49FN5O9P/c1-5-29(41-4,24(36)25(30)35-17-16-23(31)32-28(35)39)18-42-45(40,33-19(2)26(37)43-21-12-8-6-9-13-21)34-20(3)27(38)44-22-14-10-7-11-15-22/h16-17,19-22,24-25,36H,5-15,18H2,1-4H3,(H2,31,32,39)(H2,33,34,40)/t19?,20?,24-,25-,29+,45?/m0/s1. The van der Waals surface area contributed by atoms with Crippen LogP contribution in [0.25, 0.3) is 0 Å². The number of esters is 2. The summed E-state index contributed by atoms with van der Waals surface area (Å²) >= 11 is 0. The summed E-state index contributed by atoms with van der Waals surface area (Å²) in [6, 6.07) is -1.08. The lowest BCUT2D eigenvalue weighted by Gasteiger charge is -2.38. The fourth-order valence-electron chi connectivity index (χ4n) is 5.56. The second kappa shape index (κ2) is 16.9. The molecule has 0 spiro atoms. The number of anilines is 1. The Balaban J connectivity index is 1.80. The van der Waals surface area contributed by atoms with Crippen LogP contribution >= 0.6 is 7.67 Å². The van der Waals surface area contributed by atoms with E-state index in [0.717, 1.165) is 70.4 Å². The summed E-state index contributed by atoms with van der Waals surface area (Å²) in [5.74, 6) is -1.43. The molecule has 2 aliphatic rings. The Hall–Kier alpha value is -2.42. The average molecular weight is 662 g/mol. The van der Waals surface area contributed by atoms with E-state index >= 15 is 4.39 Å². The highest BCUT2D eigenvalue weighted by Crippen LogP contribution is 2.42. The number of nitrogen functional groups attached to an aromatic ring is 1. The molecule has 2 fully saturated rings. The highest BCUT2D eigenvalue weighted by molar-refractivity contribution is 7.54. The van der Waals surface area contributed by atoms with Gasteiger partial charge >= 0.3 is 25.3 Å². The van der Waals surface area contributed by atoms with Crippen molar-refractivity contribution in [1.82, 2.24) is 19.7 Å². The number of ether oxygens (including phenoxy) is 3. The number of nitrogens with two attached hydrogens (primary N) is 1. The van der Waals surface area contributed by atoms with Gasteiger partial charge in [0, 0.05) is 13.3 Å². The summed E-state index contributed by atoms with van der Waals surface area (Å²) < 4.78 is 53.0. The minimum Gasteiger partial charge on any atom is -0.461 e. The van der Waals surface area contributed by atoms with Crippen LogP contribution in [-0.2, 0) is 32.9 Å². The van der Waals surface area contributed by atoms with Crippen molar-refractivity contribution in [3.05, 3.63) is 22.7 Å². The Labute approximate surface area is 263 Å². The molecule has 2 saturated carbocycles. The van der Waals surface area contributed by atoms with Crippen LogP contribution in [0.1, 0.15) is 97.7 Å². The van der Waals surface area contributed by atoms with Crippen LogP contribution in [0.5, 0.6) is 0 Å². The lowest BCUT2D eigenvalue weighted by atomic mass is 9.93. The third-order valence-electron chi connectivity index (χ3n) is 8.52. The number of alkyl halides is 1. The van der Waals surface area contributed by atoms with Crippen LogP contribution in [0.4, 0.5) is 10.2 Å². The van der Waals surface area contributed by atoms with Gasteiger partial charge in [-0.3, -0.25) is 18.7 Å². The van der Waals surface area contributed by atoms with Gasteiger partial charge in [-0.15, -0.1) is 0 Å². The minimum absolute atomic E-state index is 0.0548. The molecule has 16 heteroatoms. The number of aliphatic hydroxyl groups excluding tert-OH is 1. The lowest BCUT2D eigenvalue weighted by molar-refractivity contribution is -0.162. The van der Waals surface area contributed by atoms with E-state index in [-0.39, 0.29) is 24.4 Å². The van der Waals surface area contributed by atoms with E-state index in [1.54, 1.807) is 6.92 Å². The number of aromatic nitrogens is 2. The number of carbonyl (C=O) groups excluding carboxylic acids is 2. The Morgan fingerprint density at radius 1 is 1.07 bits per heavy atom. The van der Waals surface area contributed by atoms with Gasteiger partial charge < -0.3 is 29.6 Å². The number of nitrogens with zero attached hydrogens (tertiary/aromatic N) is 2. The fraction of sp³-hybridized carbons (Fsp3) is 0.793. The van der Waals surface area contributed by atoms with Crippen LogP contribution < -0.4 is 21.6 Å². The van der Waals surface area contributed by atoms with Gasteiger partial charge in [0.15, 0.2) is 0 Å². The molecule has 0 aromatic carbocycles. The second-order valence-corrected chi connectivity index (χ2v) is 13.8. The Morgan fingerprint density at radius 2 is 1.56 bits per heavy atom. The molecule has 0 saturated heterocycles. The van der Waals surface area contributed by atoms with E-state index in [1.165, 1.54) is 27.0 Å². The highest BCUT2D eigenvalue weighted by Gasteiger charge is 2.46. The van der Waals surface area contributed by atoms with Gasteiger partial charge in [0.05, 0.1) is 6.61 Å². The quantitative estimate of drug-likeness (QED) is 0.149. The molecule has 1 heterocycles. The van der Waals surface area contributed by atoms with E-state index in [2.05, 4.69) is 15.2 Å². The summed E-state index contributed by atoms with van der Waals surface area (Å²) in [4.78, 5) is 41.7. The topological polar surface area (TPSA) is 193 Å². The molecule has 1 aromatic rings. The molecular formula is C29H49FN5O9P. The summed E-state index contributed by atoms with van der Waals surface area (Å²) in [5, 5.41) is 16.4. The average Bonchev–Trinajstić information content (AvgIpc) is 3.02. The van der Waals surface area contributed by atoms with Crippen molar-refractivity contribution in [2.45, 2.75) is 134 Å². The molecule has 0 aliphatic heterocycles. The number of hydrogen-bond donors (Lipinski definition) is 4. The van der Waals surface area contributed by atoms with Gasteiger partial charge in [-0.2, -0.15) is 4.98 Å². The number of aliphatic hydroxyl groups is 1. The minimum atomic E-state index is -4.34. The van der Waals surface area contributed by atoms with Crippen LogP contribution in [0.15, 0.2) is 17.1 Å². The van der Waals surface area contributed by atoms with Gasteiger partial charge in [-0.05, 0) is 77.7 Å². The summed E-state index contributed by atoms with van der Waals surface area (Å²) in [6.45, 7) is 3.80. The van der Waals surface area contributed by atoms with E-state index in [9.17, 15) is 24.1 Å². The molecule has 0 bridgehead atoms. The molecule has 256 valence electrons. The largest absolute Gasteiger partial charge is 0.461 e. The maximum Gasteiger partial charge on any atom is 0.351 e. The normalized spacial score (nSPS) is 21.9. The van der Waals surface area contributed by atoms with E-state index < -0.39 is 62.0 Å². The second-order valence-electron chi connectivity index (χ2n) is 11.9. The summed E-state index contributed by atoms with van der Waals surface area (Å²) in [6.07, 6.45) is 4.96. The molecule has 2 aliphatic carbocycles. The predicted octanol–water partition coefficient (Wildman–Crippen LogP) is 3.28. The van der Waals surface area contributed by atoms with Crippen molar-refractivity contribution in [2.24, 2.45) is 0 Å². The molecule has 2 unspecified atom stereocenters. The zero-order chi connectivity index (χ0) is 33.2. The van der Waals surface area contributed by atoms with Crippen molar-refractivity contribution in [3.63, 3.8) is 0 Å². The van der Waals surface area contributed by atoms with E-state index in [4.69, 9.17) is 24.5 Å². The molecule has 0 radical (unpaired) electrons. The molecule has 0 amide bonds. The molecule has 45 heavy (non-hydrogen) atoms. The first-order valence-corrected chi connectivity index (χ1v) is 17.4. The van der Waals surface area contributed by atoms with Gasteiger partial charge in [-0.1, -0.05) is 19.8 Å². The number of hydrogen-bond acceptors (Lipinski definition) is 11.